The lowest BCUT2D eigenvalue weighted by Gasteiger charge is -2.35. The Bertz CT molecular complexity index is 1040. The third kappa shape index (κ3) is 3.93. The van der Waals surface area contributed by atoms with E-state index >= 15 is 0 Å². The second-order valence-electron chi connectivity index (χ2n) is 7.46. The second kappa shape index (κ2) is 7.43. The van der Waals surface area contributed by atoms with Crippen LogP contribution in [-0.4, -0.2) is 64.2 Å². The molecule has 0 radical (unpaired) electrons. The zero-order chi connectivity index (χ0) is 20.7. The summed E-state index contributed by atoms with van der Waals surface area (Å²) in [7, 11) is 0. The van der Waals surface area contributed by atoms with Crippen molar-refractivity contribution in [3.8, 4) is 5.75 Å². The van der Waals surface area contributed by atoms with Crippen LogP contribution in [0.15, 0.2) is 17.1 Å². The van der Waals surface area contributed by atoms with Crippen LogP contribution in [0.25, 0.3) is 11.0 Å². The highest BCUT2D eigenvalue weighted by molar-refractivity contribution is 5.80. The van der Waals surface area contributed by atoms with E-state index in [0.717, 1.165) is 18.9 Å². The van der Waals surface area contributed by atoms with Crippen molar-refractivity contribution in [1.82, 2.24) is 14.5 Å². The van der Waals surface area contributed by atoms with Gasteiger partial charge in [0.15, 0.2) is 17.4 Å². The smallest absolute Gasteiger partial charge is 0.449 e. The largest absolute Gasteiger partial charge is 0.511 e. The Balaban J connectivity index is 1.71. The molecule has 4 rings (SSSR count). The summed E-state index contributed by atoms with van der Waals surface area (Å²) in [5.74, 6) is -0.768. The molecule has 2 fully saturated rings. The molecule has 2 aromatic rings. The monoisotopic (exact) mass is 404 g/mol. The van der Waals surface area contributed by atoms with Crippen molar-refractivity contribution in [2.45, 2.75) is 25.8 Å². The Morgan fingerprint density at radius 1 is 1.28 bits per heavy atom. The van der Waals surface area contributed by atoms with Crippen LogP contribution in [-0.2, 0) is 4.79 Å². The lowest BCUT2D eigenvalue weighted by Crippen LogP contribution is -2.48. The van der Waals surface area contributed by atoms with Crippen molar-refractivity contribution < 1.29 is 23.8 Å². The van der Waals surface area contributed by atoms with Crippen LogP contribution in [0.4, 0.5) is 15.0 Å². The first-order valence-electron chi connectivity index (χ1n) is 9.46. The first kappa shape index (κ1) is 19.3. The topological polar surface area (TPSA) is 105 Å². The van der Waals surface area contributed by atoms with Crippen LogP contribution in [0.5, 0.6) is 5.75 Å². The van der Waals surface area contributed by atoms with Gasteiger partial charge in [-0.3, -0.25) is 14.5 Å². The number of anilines is 1. The summed E-state index contributed by atoms with van der Waals surface area (Å²) in [6.07, 6.45) is 1.47. The van der Waals surface area contributed by atoms with E-state index in [9.17, 15) is 18.8 Å². The summed E-state index contributed by atoms with van der Waals surface area (Å²) in [6, 6.07) is 1.18. The molecular weight excluding hydrogens is 383 g/mol. The number of Topliss-reactive ketones (excluding diaryl/α,β-unsaturated/α-hetero) is 1. The van der Waals surface area contributed by atoms with E-state index in [-0.39, 0.29) is 28.8 Å². The molecule has 1 aliphatic carbocycles. The maximum atomic E-state index is 14.9. The lowest BCUT2D eigenvalue weighted by molar-refractivity contribution is -0.118. The molecule has 0 bridgehead atoms. The van der Waals surface area contributed by atoms with Crippen molar-refractivity contribution in [3.63, 3.8) is 0 Å². The molecule has 0 spiro atoms. The molecular formula is C19H21FN4O5. The quantitative estimate of drug-likeness (QED) is 0.750. The molecule has 1 N–H and O–H groups in total. The van der Waals surface area contributed by atoms with Gasteiger partial charge in [-0.2, -0.15) is 0 Å². The van der Waals surface area contributed by atoms with Gasteiger partial charge in [0, 0.05) is 32.2 Å². The molecule has 2 aliphatic rings. The number of hydrogen-bond donors (Lipinski definition) is 1. The number of carboxylic acid groups (broad SMARTS) is 1. The first-order valence-corrected chi connectivity index (χ1v) is 9.46. The SMILES string of the molecule is CC(=O)CN1CCN(c2nc3c(cc2F)c(=O)c(OC(=O)O)cn3C2CC2)CC1. The van der Waals surface area contributed by atoms with Gasteiger partial charge in [-0.15, -0.1) is 0 Å². The standard InChI is InChI=1S/C19H21FN4O5/c1-11(25)9-22-4-6-23(7-5-22)18-14(20)8-13-16(26)15(29-19(27)28)10-24(12-2-3-12)17(13)21-18/h8,10,12H,2-7,9H2,1H3,(H,27,28). The third-order valence-electron chi connectivity index (χ3n) is 5.16. The Labute approximate surface area is 165 Å². The van der Waals surface area contributed by atoms with Crippen LogP contribution in [0.3, 0.4) is 0 Å². The van der Waals surface area contributed by atoms with Crippen molar-refractivity contribution in [1.29, 1.82) is 0 Å². The Morgan fingerprint density at radius 3 is 2.55 bits per heavy atom. The van der Waals surface area contributed by atoms with Gasteiger partial charge in [0.1, 0.15) is 11.4 Å². The Hall–Kier alpha value is -3.01. The van der Waals surface area contributed by atoms with Gasteiger partial charge in [-0.1, -0.05) is 0 Å². The summed E-state index contributed by atoms with van der Waals surface area (Å²) >= 11 is 0. The number of fused-ring (bicyclic) bond motifs is 1. The molecule has 1 aliphatic heterocycles. The molecule has 154 valence electrons. The highest BCUT2D eigenvalue weighted by Crippen LogP contribution is 2.38. The molecule has 9 nitrogen and oxygen atoms in total. The highest BCUT2D eigenvalue weighted by Gasteiger charge is 2.29. The number of hydrogen-bond acceptors (Lipinski definition) is 7. The van der Waals surface area contributed by atoms with Gasteiger partial charge in [-0.25, -0.2) is 14.2 Å². The average Bonchev–Trinajstić information content (AvgIpc) is 3.49. The Morgan fingerprint density at radius 2 is 1.97 bits per heavy atom. The van der Waals surface area contributed by atoms with E-state index in [1.54, 1.807) is 9.47 Å². The average molecular weight is 404 g/mol. The molecule has 3 heterocycles. The predicted molar refractivity (Wildman–Crippen MR) is 102 cm³/mol. The molecule has 29 heavy (non-hydrogen) atoms. The number of rotatable bonds is 5. The molecule has 0 unspecified atom stereocenters. The number of ketones is 1. The molecule has 1 saturated heterocycles. The minimum absolute atomic E-state index is 0.00730. The first-order chi connectivity index (χ1) is 13.8. The lowest BCUT2D eigenvalue weighted by atomic mass is 10.2. The molecule has 0 atom stereocenters. The zero-order valence-electron chi connectivity index (χ0n) is 15.9. The fraction of sp³-hybridized carbons (Fsp3) is 0.474. The normalized spacial score (nSPS) is 17.5. The summed E-state index contributed by atoms with van der Waals surface area (Å²) in [5.41, 5.74) is -0.388. The van der Waals surface area contributed by atoms with Crippen molar-refractivity contribution in [2.24, 2.45) is 0 Å². The summed E-state index contributed by atoms with van der Waals surface area (Å²) in [4.78, 5) is 43.0. The number of piperazine rings is 1. The minimum Gasteiger partial charge on any atom is -0.449 e. The second-order valence-corrected chi connectivity index (χ2v) is 7.46. The summed E-state index contributed by atoms with van der Waals surface area (Å²) < 4.78 is 21.1. The van der Waals surface area contributed by atoms with Crippen LogP contribution in [0.1, 0.15) is 25.8 Å². The number of nitrogens with zero attached hydrogens (tertiary/aromatic N) is 4. The number of carbonyl (C=O) groups is 2. The van der Waals surface area contributed by atoms with E-state index in [0.29, 0.717) is 38.4 Å². The van der Waals surface area contributed by atoms with Crippen molar-refractivity contribution >= 4 is 28.8 Å². The van der Waals surface area contributed by atoms with Gasteiger partial charge in [0.05, 0.1) is 18.1 Å². The van der Waals surface area contributed by atoms with Crippen LogP contribution in [0.2, 0.25) is 0 Å². The van der Waals surface area contributed by atoms with Crippen molar-refractivity contribution in [2.75, 3.05) is 37.6 Å². The predicted octanol–water partition coefficient (Wildman–Crippen LogP) is 1.64. The highest BCUT2D eigenvalue weighted by atomic mass is 19.1. The van der Waals surface area contributed by atoms with E-state index in [2.05, 4.69) is 9.72 Å². The maximum Gasteiger partial charge on any atom is 0.511 e. The summed E-state index contributed by atoms with van der Waals surface area (Å²) in [6.45, 7) is 4.15. The fourth-order valence-corrected chi connectivity index (χ4v) is 3.66. The number of pyridine rings is 2. The number of halogens is 1. The minimum atomic E-state index is -1.60. The van der Waals surface area contributed by atoms with Gasteiger partial charge in [0.2, 0.25) is 5.43 Å². The van der Waals surface area contributed by atoms with Gasteiger partial charge in [-0.05, 0) is 25.8 Å². The molecule has 0 amide bonds. The van der Waals surface area contributed by atoms with E-state index in [4.69, 9.17) is 5.11 Å². The molecule has 0 aromatic carbocycles. The van der Waals surface area contributed by atoms with E-state index in [1.807, 2.05) is 4.90 Å². The summed E-state index contributed by atoms with van der Waals surface area (Å²) in [5, 5.41) is 8.85. The number of aromatic nitrogens is 2. The van der Waals surface area contributed by atoms with E-state index < -0.39 is 17.4 Å². The van der Waals surface area contributed by atoms with E-state index in [1.165, 1.54) is 13.1 Å². The van der Waals surface area contributed by atoms with Gasteiger partial charge < -0.3 is 19.3 Å². The van der Waals surface area contributed by atoms with Gasteiger partial charge >= 0.3 is 6.16 Å². The van der Waals surface area contributed by atoms with Crippen molar-refractivity contribution in [3.05, 3.63) is 28.3 Å². The number of ether oxygens (including phenoxy) is 1. The third-order valence-corrected chi connectivity index (χ3v) is 5.16. The maximum absolute atomic E-state index is 14.9. The molecule has 1 saturated carbocycles. The Kier molecular flexibility index (Phi) is 4.95. The molecule has 2 aromatic heterocycles. The van der Waals surface area contributed by atoms with Crippen LogP contribution in [0, 0.1) is 5.82 Å². The van der Waals surface area contributed by atoms with Crippen LogP contribution < -0.4 is 15.1 Å². The van der Waals surface area contributed by atoms with Crippen LogP contribution >= 0.6 is 0 Å². The zero-order valence-corrected chi connectivity index (χ0v) is 15.9. The number of carbonyl (C=O) groups excluding carboxylic acids is 1. The fourth-order valence-electron chi connectivity index (χ4n) is 3.66. The van der Waals surface area contributed by atoms with Gasteiger partial charge in [0.25, 0.3) is 0 Å². The molecule has 10 heteroatoms.